The van der Waals surface area contributed by atoms with E-state index in [1.807, 2.05) is 21.1 Å². The van der Waals surface area contributed by atoms with E-state index < -0.39 is 26.5 Å². The third-order valence-corrected chi connectivity index (χ3v) is 14.9. The largest absolute Gasteiger partial charge is 0.472 e. The molecule has 0 amide bonds. The molecule has 0 saturated carbocycles. The van der Waals surface area contributed by atoms with Crippen LogP contribution >= 0.6 is 7.82 Å². The van der Waals surface area contributed by atoms with Crippen LogP contribution in [0.25, 0.3) is 0 Å². The number of phosphoric ester groups is 1. The number of nitrogens with zero attached hydrogens (tertiary/aromatic N) is 1. The molecule has 0 aromatic heterocycles. The van der Waals surface area contributed by atoms with Crippen molar-refractivity contribution >= 4 is 19.8 Å². The Balaban J connectivity index is 4.08. The predicted octanol–water partition coefficient (Wildman–Crippen LogP) is 20.6. The molecule has 0 rings (SSSR count). The quantitative estimate of drug-likeness (QED) is 0.0211. The van der Waals surface area contributed by atoms with Crippen molar-refractivity contribution in [3.05, 3.63) is 85.1 Å². The summed E-state index contributed by atoms with van der Waals surface area (Å²) in [6, 6.07) is 0. The maximum Gasteiger partial charge on any atom is 0.472 e. The standard InChI is InChI=1S/C68H122NO8P/c1-6-8-10-12-14-16-18-20-22-24-26-28-30-31-32-33-34-35-36-37-39-40-42-44-46-48-50-52-54-56-58-60-67(70)74-64-66(65-76-78(72,73)75-63-62-69(3,4)5)77-68(71)61-59-57-55-53-51-49-47-45-43-41-38-29-27-25-23-21-19-17-15-13-11-9-7-2/h9,11,15,17-18,20-21,23-24,26-27,29-31,66H,6-8,10,12-14,16,19,22,25,28,32-65H2,1-5H3/p+1/b11-9-,17-15-,20-18-,23-21-,26-24-,29-27-,31-30-. The normalized spacial score (nSPS) is 13.8. The molecule has 0 aliphatic heterocycles. The van der Waals surface area contributed by atoms with Crippen LogP contribution in [0.3, 0.4) is 0 Å². The number of likely N-dealkylation sites (N-methyl/N-ethyl adjacent to an activating group) is 1. The van der Waals surface area contributed by atoms with Crippen molar-refractivity contribution in [3.8, 4) is 0 Å². The lowest BCUT2D eigenvalue weighted by Crippen LogP contribution is -2.37. The molecule has 0 bridgehead atoms. The maximum absolute atomic E-state index is 12.8. The van der Waals surface area contributed by atoms with Gasteiger partial charge in [0.15, 0.2) is 6.10 Å². The van der Waals surface area contributed by atoms with E-state index in [2.05, 4.69) is 98.9 Å². The number of phosphoric acid groups is 1. The maximum atomic E-state index is 12.8. The van der Waals surface area contributed by atoms with E-state index in [0.717, 1.165) is 83.5 Å². The molecule has 1 N–H and O–H groups in total. The van der Waals surface area contributed by atoms with Gasteiger partial charge in [-0.3, -0.25) is 18.6 Å². The van der Waals surface area contributed by atoms with E-state index in [1.165, 1.54) is 167 Å². The fourth-order valence-corrected chi connectivity index (χ4v) is 9.70. The number of carbonyl (C=O) groups excluding carboxylic acids is 2. The minimum atomic E-state index is -4.39. The molecule has 10 heteroatoms. The van der Waals surface area contributed by atoms with Gasteiger partial charge in [0.25, 0.3) is 0 Å². The number of hydrogen-bond acceptors (Lipinski definition) is 7. The molecule has 0 fully saturated rings. The van der Waals surface area contributed by atoms with Gasteiger partial charge in [-0.1, -0.05) is 266 Å². The third-order valence-electron chi connectivity index (χ3n) is 13.9. The monoisotopic (exact) mass is 1110 g/mol. The molecule has 9 nitrogen and oxygen atoms in total. The highest BCUT2D eigenvalue weighted by molar-refractivity contribution is 7.47. The van der Waals surface area contributed by atoms with Gasteiger partial charge >= 0.3 is 19.8 Å². The molecular formula is C68H123NO8P+. The summed E-state index contributed by atoms with van der Waals surface area (Å²) < 4.78 is 34.7. The molecule has 2 unspecified atom stereocenters. The van der Waals surface area contributed by atoms with Crippen LogP contribution in [-0.2, 0) is 32.7 Å². The number of esters is 2. The molecule has 0 aliphatic rings. The molecular weight excluding hydrogens is 990 g/mol. The summed E-state index contributed by atoms with van der Waals surface area (Å²) in [7, 11) is 1.47. The summed E-state index contributed by atoms with van der Waals surface area (Å²) in [6.07, 6.45) is 79.5. The minimum absolute atomic E-state index is 0.0284. The second kappa shape index (κ2) is 58.8. The van der Waals surface area contributed by atoms with Gasteiger partial charge in [-0.05, 0) is 89.9 Å². The fourth-order valence-electron chi connectivity index (χ4n) is 8.96. The van der Waals surface area contributed by atoms with Crippen molar-refractivity contribution in [2.45, 2.75) is 290 Å². The Bertz CT molecular complexity index is 1590. The van der Waals surface area contributed by atoms with Crippen LogP contribution in [0.2, 0.25) is 0 Å². The van der Waals surface area contributed by atoms with Crippen molar-refractivity contribution in [3.63, 3.8) is 0 Å². The summed E-state index contributed by atoms with van der Waals surface area (Å²) in [5.74, 6) is -0.797. The van der Waals surface area contributed by atoms with Crippen LogP contribution in [-0.4, -0.2) is 74.9 Å². The van der Waals surface area contributed by atoms with Crippen molar-refractivity contribution in [2.75, 3.05) is 47.5 Å². The number of allylic oxidation sites excluding steroid dienone is 14. The van der Waals surface area contributed by atoms with Gasteiger partial charge in [-0.15, -0.1) is 0 Å². The molecule has 0 heterocycles. The molecule has 0 aromatic carbocycles. The lowest BCUT2D eigenvalue weighted by atomic mass is 10.0. The molecule has 0 saturated heterocycles. The summed E-state index contributed by atoms with van der Waals surface area (Å²) in [6.45, 7) is 4.33. The average molecular weight is 1110 g/mol. The molecule has 78 heavy (non-hydrogen) atoms. The summed E-state index contributed by atoms with van der Waals surface area (Å²) in [5, 5.41) is 0. The number of quaternary nitrogens is 1. The lowest BCUT2D eigenvalue weighted by molar-refractivity contribution is -0.870. The zero-order valence-electron chi connectivity index (χ0n) is 51.4. The zero-order chi connectivity index (χ0) is 57.0. The second-order valence-corrected chi connectivity index (χ2v) is 24.2. The van der Waals surface area contributed by atoms with Crippen LogP contribution in [0, 0.1) is 0 Å². The first kappa shape index (κ1) is 75.2. The molecule has 452 valence electrons. The highest BCUT2D eigenvalue weighted by Crippen LogP contribution is 2.43. The van der Waals surface area contributed by atoms with E-state index in [0.29, 0.717) is 17.4 Å². The topological polar surface area (TPSA) is 108 Å². The van der Waals surface area contributed by atoms with Crippen molar-refractivity contribution in [1.29, 1.82) is 0 Å². The first-order chi connectivity index (χ1) is 38.0. The van der Waals surface area contributed by atoms with Crippen molar-refractivity contribution in [2.24, 2.45) is 0 Å². The van der Waals surface area contributed by atoms with E-state index >= 15 is 0 Å². The fraction of sp³-hybridized carbons (Fsp3) is 0.765. The molecule has 2 atom stereocenters. The molecule has 0 aromatic rings. The summed E-state index contributed by atoms with van der Waals surface area (Å²) in [5.41, 5.74) is 0. The number of hydrogen-bond donors (Lipinski definition) is 1. The van der Waals surface area contributed by atoms with Crippen LogP contribution in [0.4, 0.5) is 0 Å². The molecule has 0 aliphatic carbocycles. The van der Waals surface area contributed by atoms with Gasteiger partial charge < -0.3 is 18.9 Å². The third kappa shape index (κ3) is 62.4. The number of carbonyl (C=O) groups is 2. The Kier molecular flexibility index (Phi) is 56.7. The highest BCUT2D eigenvalue weighted by Gasteiger charge is 2.27. The van der Waals surface area contributed by atoms with E-state index in [-0.39, 0.29) is 32.0 Å². The number of rotatable bonds is 59. The first-order valence-corrected chi connectivity index (χ1v) is 33.8. The van der Waals surface area contributed by atoms with Crippen molar-refractivity contribution in [1.82, 2.24) is 0 Å². The Morgan fingerprint density at radius 3 is 1.09 bits per heavy atom. The second-order valence-electron chi connectivity index (χ2n) is 22.8. The van der Waals surface area contributed by atoms with E-state index in [4.69, 9.17) is 18.5 Å². The average Bonchev–Trinajstić information content (AvgIpc) is 3.40. The van der Waals surface area contributed by atoms with Crippen LogP contribution in [0.1, 0.15) is 284 Å². The Labute approximate surface area is 481 Å². The Morgan fingerprint density at radius 2 is 0.731 bits per heavy atom. The summed E-state index contributed by atoms with van der Waals surface area (Å²) >= 11 is 0. The first-order valence-electron chi connectivity index (χ1n) is 32.3. The van der Waals surface area contributed by atoms with Gasteiger partial charge in [0.05, 0.1) is 27.7 Å². The molecule has 0 spiro atoms. The zero-order valence-corrected chi connectivity index (χ0v) is 52.3. The van der Waals surface area contributed by atoms with Gasteiger partial charge in [-0.2, -0.15) is 0 Å². The summed E-state index contributed by atoms with van der Waals surface area (Å²) in [4.78, 5) is 35.8. The van der Waals surface area contributed by atoms with E-state index in [1.54, 1.807) is 0 Å². The number of ether oxygens (including phenoxy) is 2. The lowest BCUT2D eigenvalue weighted by Gasteiger charge is -2.24. The van der Waals surface area contributed by atoms with Crippen LogP contribution in [0.15, 0.2) is 85.1 Å². The van der Waals surface area contributed by atoms with Gasteiger partial charge in [0.1, 0.15) is 19.8 Å². The Hall–Kier alpha value is -2.81. The number of unbranched alkanes of at least 4 members (excludes halogenated alkanes) is 31. The van der Waals surface area contributed by atoms with Crippen LogP contribution < -0.4 is 0 Å². The smallest absolute Gasteiger partial charge is 0.462 e. The van der Waals surface area contributed by atoms with Gasteiger partial charge in [0, 0.05) is 12.8 Å². The van der Waals surface area contributed by atoms with Gasteiger partial charge in [-0.25, -0.2) is 4.57 Å². The van der Waals surface area contributed by atoms with Crippen LogP contribution in [0.5, 0.6) is 0 Å². The van der Waals surface area contributed by atoms with E-state index in [9.17, 15) is 19.0 Å². The van der Waals surface area contributed by atoms with Gasteiger partial charge in [0.2, 0.25) is 0 Å². The minimum Gasteiger partial charge on any atom is -0.462 e. The molecule has 0 radical (unpaired) electrons. The SMILES string of the molecule is CC/C=C\C/C=C\C/C=C\C/C=C\CCCCCCCCCCCCC(=O)OC(COC(=O)CCCCCCCCCCCCCCCCCC/C=C\C/C=C\C/C=C\CCCCCCC)COP(=O)(O)OCC[N+](C)(C)C. The Morgan fingerprint density at radius 1 is 0.410 bits per heavy atom. The van der Waals surface area contributed by atoms with Crippen molar-refractivity contribution < 1.29 is 42.1 Å². The predicted molar refractivity (Wildman–Crippen MR) is 335 cm³/mol. The highest BCUT2D eigenvalue weighted by atomic mass is 31.2.